The molecule has 0 bridgehead atoms. The normalized spacial score (nSPS) is 21.6. The lowest BCUT2D eigenvalue weighted by molar-refractivity contribution is 0.153. The Morgan fingerprint density at radius 1 is 1.20 bits per heavy atom. The van der Waals surface area contributed by atoms with Gasteiger partial charge in [-0.3, -0.25) is 4.52 Å². The molecular weight excluding hydrogens is 405 g/mol. The first-order valence-electron chi connectivity index (χ1n) is 10.0. The number of ether oxygens (including phenoxy) is 2. The Balaban J connectivity index is 1.50. The summed E-state index contributed by atoms with van der Waals surface area (Å²) >= 11 is 0. The molecular formula is C22H30NO6P. The monoisotopic (exact) mass is 435 g/mol. The fourth-order valence-electron chi connectivity index (χ4n) is 3.93. The molecule has 8 heteroatoms. The minimum Gasteiger partial charge on any atom is -0.496 e. The highest BCUT2D eigenvalue weighted by molar-refractivity contribution is 7.46. The van der Waals surface area contributed by atoms with Crippen LogP contribution in [-0.4, -0.2) is 35.6 Å². The second-order valence-corrected chi connectivity index (χ2v) is 9.28. The summed E-state index contributed by atoms with van der Waals surface area (Å²) in [5.41, 5.74) is 8.98. The van der Waals surface area contributed by atoms with Gasteiger partial charge in [-0.15, -0.1) is 0 Å². The molecule has 4 N–H and O–H groups in total. The summed E-state index contributed by atoms with van der Waals surface area (Å²) in [7, 11) is -2.83. The van der Waals surface area contributed by atoms with Gasteiger partial charge >= 0.3 is 7.82 Å². The van der Waals surface area contributed by atoms with Gasteiger partial charge in [0.2, 0.25) is 0 Å². The first kappa shape index (κ1) is 22.8. The lowest BCUT2D eigenvalue weighted by atomic mass is 9.94. The van der Waals surface area contributed by atoms with Crippen molar-refractivity contribution in [2.24, 2.45) is 5.73 Å². The van der Waals surface area contributed by atoms with Crippen LogP contribution in [0.25, 0.3) is 0 Å². The Hall–Kier alpha value is -1.89. The van der Waals surface area contributed by atoms with E-state index in [1.807, 2.05) is 43.3 Å². The van der Waals surface area contributed by atoms with Gasteiger partial charge < -0.3 is 25.0 Å². The SMILES string of the molecule is COc1cc(CCOc2ccc([C@@H]3CC[C@](N)(COP(=O)(O)O)C3)cc2)ccc1C. The van der Waals surface area contributed by atoms with Crippen LogP contribution in [0.15, 0.2) is 42.5 Å². The molecule has 0 aromatic heterocycles. The van der Waals surface area contributed by atoms with Crippen LogP contribution in [0.2, 0.25) is 0 Å². The van der Waals surface area contributed by atoms with Gasteiger partial charge in [-0.05, 0) is 67.0 Å². The van der Waals surface area contributed by atoms with Gasteiger partial charge in [-0.2, -0.15) is 0 Å². The van der Waals surface area contributed by atoms with E-state index in [0.29, 0.717) is 19.4 Å². The van der Waals surface area contributed by atoms with Crippen LogP contribution in [0.4, 0.5) is 0 Å². The van der Waals surface area contributed by atoms with E-state index in [-0.39, 0.29) is 12.5 Å². The van der Waals surface area contributed by atoms with Crippen molar-refractivity contribution in [2.75, 3.05) is 20.3 Å². The van der Waals surface area contributed by atoms with E-state index in [4.69, 9.17) is 25.0 Å². The van der Waals surface area contributed by atoms with Gasteiger partial charge in [0.1, 0.15) is 11.5 Å². The molecule has 3 rings (SSSR count). The Morgan fingerprint density at radius 3 is 2.60 bits per heavy atom. The molecule has 0 saturated heterocycles. The van der Waals surface area contributed by atoms with Gasteiger partial charge in [0.05, 0.1) is 20.3 Å². The van der Waals surface area contributed by atoms with Gasteiger partial charge in [-0.25, -0.2) is 4.57 Å². The molecule has 1 aliphatic rings. The third-order valence-electron chi connectivity index (χ3n) is 5.65. The van der Waals surface area contributed by atoms with Gasteiger partial charge in [-0.1, -0.05) is 24.3 Å². The smallest absolute Gasteiger partial charge is 0.469 e. The number of methoxy groups -OCH3 is 1. The predicted molar refractivity (Wildman–Crippen MR) is 115 cm³/mol. The third kappa shape index (κ3) is 6.30. The van der Waals surface area contributed by atoms with Crippen molar-refractivity contribution in [3.63, 3.8) is 0 Å². The van der Waals surface area contributed by atoms with E-state index in [9.17, 15) is 4.57 Å². The van der Waals surface area contributed by atoms with E-state index < -0.39 is 13.4 Å². The van der Waals surface area contributed by atoms with Crippen molar-refractivity contribution in [3.05, 3.63) is 59.2 Å². The molecule has 30 heavy (non-hydrogen) atoms. The van der Waals surface area contributed by atoms with E-state index in [0.717, 1.165) is 41.0 Å². The third-order valence-corrected chi connectivity index (χ3v) is 6.11. The highest BCUT2D eigenvalue weighted by Crippen LogP contribution is 2.43. The molecule has 1 fully saturated rings. The molecule has 1 aliphatic carbocycles. The second-order valence-electron chi connectivity index (χ2n) is 8.04. The van der Waals surface area contributed by atoms with E-state index in [1.54, 1.807) is 7.11 Å². The van der Waals surface area contributed by atoms with Gasteiger partial charge in [0, 0.05) is 12.0 Å². The number of hydrogen-bond acceptors (Lipinski definition) is 5. The number of benzene rings is 2. The summed E-state index contributed by atoms with van der Waals surface area (Å²) in [4.78, 5) is 17.8. The van der Waals surface area contributed by atoms with Crippen molar-refractivity contribution in [1.29, 1.82) is 0 Å². The zero-order valence-corrected chi connectivity index (χ0v) is 18.3. The van der Waals surface area contributed by atoms with Crippen LogP contribution in [0, 0.1) is 6.92 Å². The van der Waals surface area contributed by atoms with Crippen molar-refractivity contribution < 1.29 is 28.3 Å². The van der Waals surface area contributed by atoms with Crippen molar-refractivity contribution in [2.45, 2.75) is 44.1 Å². The summed E-state index contributed by atoms with van der Waals surface area (Å²) in [6, 6.07) is 14.1. The average molecular weight is 435 g/mol. The molecule has 1 saturated carbocycles. The fraction of sp³-hybridized carbons (Fsp3) is 0.455. The molecule has 2 aromatic carbocycles. The molecule has 164 valence electrons. The average Bonchev–Trinajstić information content (AvgIpc) is 3.10. The standard InChI is InChI=1S/C22H30NO6P/c1-16-3-4-17(13-21(16)27-2)10-12-28-20-7-5-18(6-8-20)19-9-11-22(23,14-19)15-29-30(24,25)26/h3-8,13,19H,9-12,14-15,23H2,1-2H3,(H2,24,25,26)/t19-,22-/m1/s1. The molecule has 0 heterocycles. The number of phosphoric acid groups is 1. The first-order valence-corrected chi connectivity index (χ1v) is 11.6. The lowest BCUT2D eigenvalue weighted by Gasteiger charge is -2.24. The summed E-state index contributed by atoms with van der Waals surface area (Å²) in [6.07, 6.45) is 2.94. The predicted octanol–water partition coefficient (Wildman–Crippen LogP) is 3.70. The Bertz CT molecular complexity index is 897. The van der Waals surface area contributed by atoms with Crippen molar-refractivity contribution in [3.8, 4) is 11.5 Å². The zero-order valence-electron chi connectivity index (χ0n) is 17.4. The van der Waals surface area contributed by atoms with Gasteiger partial charge in [0.15, 0.2) is 0 Å². The van der Waals surface area contributed by atoms with E-state index >= 15 is 0 Å². The topological polar surface area (TPSA) is 111 Å². The Kier molecular flexibility index (Phi) is 7.22. The first-order chi connectivity index (χ1) is 14.2. The number of hydrogen-bond donors (Lipinski definition) is 3. The minimum absolute atomic E-state index is 0.140. The largest absolute Gasteiger partial charge is 0.496 e. The number of rotatable bonds is 9. The summed E-state index contributed by atoms with van der Waals surface area (Å²) in [5.74, 6) is 1.93. The fourth-order valence-corrected chi connectivity index (χ4v) is 4.35. The molecule has 2 aromatic rings. The maximum absolute atomic E-state index is 10.9. The molecule has 7 nitrogen and oxygen atoms in total. The maximum Gasteiger partial charge on any atom is 0.469 e. The Labute approximate surface area is 177 Å². The summed E-state index contributed by atoms with van der Waals surface area (Å²) < 4.78 is 26.8. The highest BCUT2D eigenvalue weighted by atomic mass is 31.2. The van der Waals surface area contributed by atoms with Crippen LogP contribution in [0.5, 0.6) is 11.5 Å². The molecule has 0 aliphatic heterocycles. The molecule has 0 amide bonds. The van der Waals surface area contributed by atoms with Crippen molar-refractivity contribution in [1.82, 2.24) is 0 Å². The highest BCUT2D eigenvalue weighted by Gasteiger charge is 2.38. The number of aryl methyl sites for hydroxylation is 1. The minimum atomic E-state index is -4.50. The molecule has 2 atom stereocenters. The van der Waals surface area contributed by atoms with Crippen molar-refractivity contribution >= 4 is 7.82 Å². The lowest BCUT2D eigenvalue weighted by Crippen LogP contribution is -2.41. The van der Waals surface area contributed by atoms with Gasteiger partial charge in [0.25, 0.3) is 0 Å². The van der Waals surface area contributed by atoms with Crippen LogP contribution in [0.1, 0.15) is 41.9 Å². The van der Waals surface area contributed by atoms with Crippen LogP contribution >= 0.6 is 7.82 Å². The Morgan fingerprint density at radius 2 is 1.93 bits per heavy atom. The number of nitrogens with two attached hydrogens (primary N) is 1. The van der Waals surface area contributed by atoms with Crippen LogP contribution in [-0.2, 0) is 15.5 Å². The van der Waals surface area contributed by atoms with E-state index in [1.165, 1.54) is 0 Å². The van der Waals surface area contributed by atoms with Crippen LogP contribution in [0.3, 0.4) is 0 Å². The second kappa shape index (κ2) is 9.50. The van der Waals surface area contributed by atoms with E-state index in [2.05, 4.69) is 10.6 Å². The molecule has 0 spiro atoms. The summed E-state index contributed by atoms with van der Waals surface area (Å²) in [5, 5.41) is 0. The zero-order chi connectivity index (χ0) is 21.8. The molecule has 0 radical (unpaired) electrons. The maximum atomic E-state index is 10.9. The molecule has 0 unspecified atom stereocenters. The van der Waals surface area contributed by atoms with Crippen LogP contribution < -0.4 is 15.2 Å². The quantitative estimate of drug-likeness (QED) is 0.515. The number of phosphoric ester groups is 1. The summed E-state index contributed by atoms with van der Waals surface area (Å²) in [6.45, 7) is 2.45.